The Kier molecular flexibility index (Phi) is 7.31. The molecule has 0 spiro atoms. The van der Waals surface area contributed by atoms with Crippen LogP contribution in [-0.2, 0) is 0 Å². The van der Waals surface area contributed by atoms with Crippen molar-refractivity contribution in [2.75, 3.05) is 0 Å². The van der Waals surface area contributed by atoms with Crippen LogP contribution in [0.2, 0.25) is 14.8 Å². The van der Waals surface area contributed by atoms with Crippen LogP contribution in [0.15, 0.2) is 40.0 Å². The average Bonchev–Trinajstić information content (AvgIpc) is 2.37. The zero-order valence-corrected chi connectivity index (χ0v) is 15.6. The molecule has 0 saturated carbocycles. The summed E-state index contributed by atoms with van der Waals surface area (Å²) in [5.41, 5.74) is 1.12. The Balaban J connectivity index is 2.69. The second-order valence-corrected chi connectivity index (χ2v) is 20.6. The van der Waals surface area contributed by atoms with Crippen molar-refractivity contribution in [3.63, 3.8) is 0 Å². The Bertz CT molecular complexity index is 452. The van der Waals surface area contributed by atoms with E-state index in [0.29, 0.717) is 0 Å². The summed E-state index contributed by atoms with van der Waals surface area (Å²) < 4.78 is 1.67. The number of benzene rings is 1. The van der Waals surface area contributed by atoms with Gasteiger partial charge in [-0.05, 0) is 0 Å². The van der Waals surface area contributed by atoms with Gasteiger partial charge in [-0.1, -0.05) is 0 Å². The van der Waals surface area contributed by atoms with Crippen molar-refractivity contribution < 1.29 is 0 Å². The molecule has 0 heterocycles. The molecule has 0 aliphatic rings. The van der Waals surface area contributed by atoms with Gasteiger partial charge in [0.15, 0.2) is 0 Å². The Labute approximate surface area is 123 Å². The topological polar surface area (TPSA) is 0 Å². The molecule has 1 heteroatoms. The number of hydrogen-bond acceptors (Lipinski definition) is 0. The molecule has 1 aromatic carbocycles. The van der Waals surface area contributed by atoms with Crippen LogP contribution in [0, 0.1) is 11.8 Å². The van der Waals surface area contributed by atoms with Crippen LogP contribution in [0.1, 0.15) is 38.2 Å². The molecule has 0 fully saturated rings. The summed E-state index contributed by atoms with van der Waals surface area (Å²) in [6.07, 6.45) is 7.27. The molecular weight excluding hydrogens is 335 g/mol. The van der Waals surface area contributed by atoms with Gasteiger partial charge in [-0.15, -0.1) is 0 Å². The predicted molar refractivity (Wildman–Crippen MR) is 88.9 cm³/mol. The number of unbranched alkanes of at least 4 members (excludes halogenated alkanes) is 2. The summed E-state index contributed by atoms with van der Waals surface area (Å²) in [7, 11) is 0. The molecule has 0 saturated heterocycles. The van der Waals surface area contributed by atoms with Gasteiger partial charge >= 0.3 is 123 Å². The van der Waals surface area contributed by atoms with Gasteiger partial charge in [-0.2, -0.15) is 0 Å². The van der Waals surface area contributed by atoms with E-state index in [2.05, 4.69) is 51.8 Å². The number of hydrogen-bond donors (Lipinski definition) is 0. The fourth-order valence-electron chi connectivity index (χ4n) is 1.89. The number of allylic oxidation sites excluding steroid dienone is 2. The Morgan fingerprint density at radius 2 is 1.84 bits per heavy atom. The van der Waals surface area contributed by atoms with Crippen molar-refractivity contribution in [3.8, 4) is 11.8 Å². The standard InChI is InChI=1S/C15H17.3CH3.Sn/c1-2-3-4-5-6-7-9-12-15-13-10-8-11-14-15;;;;/h5,8,10-11,13-14H,2-4,7H2,1H3;3*1H3;. The van der Waals surface area contributed by atoms with Crippen molar-refractivity contribution in [1.82, 2.24) is 0 Å². The van der Waals surface area contributed by atoms with Gasteiger partial charge in [0.1, 0.15) is 0 Å². The average molecular weight is 361 g/mol. The van der Waals surface area contributed by atoms with Gasteiger partial charge < -0.3 is 0 Å². The molecule has 0 atom stereocenters. The second-order valence-electron chi connectivity index (χ2n) is 5.97. The van der Waals surface area contributed by atoms with Gasteiger partial charge in [0.25, 0.3) is 0 Å². The molecule has 102 valence electrons. The first kappa shape index (κ1) is 16.4. The van der Waals surface area contributed by atoms with Gasteiger partial charge in [0, 0.05) is 0 Å². The van der Waals surface area contributed by atoms with E-state index in [1.54, 1.807) is 3.59 Å². The third kappa shape index (κ3) is 6.87. The van der Waals surface area contributed by atoms with Crippen LogP contribution in [0.25, 0.3) is 0 Å². The normalized spacial score (nSPS) is 11.9. The molecule has 0 aliphatic carbocycles. The van der Waals surface area contributed by atoms with E-state index in [0.717, 1.165) is 12.0 Å². The first-order valence-electron chi connectivity index (χ1n) is 7.27. The summed E-state index contributed by atoms with van der Waals surface area (Å²) in [5.74, 6) is 6.65. The van der Waals surface area contributed by atoms with Crippen molar-refractivity contribution >= 4 is 18.4 Å². The molecule has 0 N–H and O–H groups in total. The quantitative estimate of drug-likeness (QED) is 0.373. The molecule has 0 unspecified atom stereocenters. The molecular formula is C18H26Sn. The number of rotatable bonds is 5. The minimum absolute atomic E-state index is 0.970. The van der Waals surface area contributed by atoms with Gasteiger partial charge in [-0.3, -0.25) is 0 Å². The fraction of sp³-hybridized carbons (Fsp3) is 0.444. The maximum atomic E-state index is 3.37. The molecule has 0 amide bonds. The summed E-state index contributed by atoms with van der Waals surface area (Å²) in [6, 6.07) is 10.3. The minimum atomic E-state index is -1.95. The molecule has 19 heavy (non-hydrogen) atoms. The first-order chi connectivity index (χ1) is 9.04. The van der Waals surface area contributed by atoms with Gasteiger partial charge in [-0.25, -0.2) is 0 Å². The summed E-state index contributed by atoms with van der Waals surface area (Å²) in [6.45, 7) is 2.25. The fourth-order valence-corrected chi connectivity index (χ4v) is 5.81. The van der Waals surface area contributed by atoms with E-state index in [-0.39, 0.29) is 0 Å². The SMILES string of the molecule is CCCCC=[C](CC#Cc1ccccc1)[Sn]([CH3])([CH3])[CH3]. The van der Waals surface area contributed by atoms with Gasteiger partial charge in [0.05, 0.1) is 0 Å². The van der Waals surface area contributed by atoms with Crippen molar-refractivity contribution in [2.24, 2.45) is 0 Å². The van der Waals surface area contributed by atoms with Crippen LogP contribution in [0.3, 0.4) is 0 Å². The van der Waals surface area contributed by atoms with Crippen LogP contribution in [0.5, 0.6) is 0 Å². The first-order valence-corrected chi connectivity index (χ1v) is 17.3. The Hall–Kier alpha value is -0.681. The van der Waals surface area contributed by atoms with Crippen molar-refractivity contribution in [3.05, 3.63) is 45.6 Å². The molecule has 0 aromatic heterocycles. The molecule has 1 rings (SSSR count). The molecule has 0 aliphatic heterocycles. The maximum absolute atomic E-state index is 3.37. The molecule has 1 aromatic rings. The second kappa shape index (κ2) is 8.48. The van der Waals surface area contributed by atoms with Crippen LogP contribution >= 0.6 is 0 Å². The van der Waals surface area contributed by atoms with E-state index < -0.39 is 18.4 Å². The monoisotopic (exact) mass is 362 g/mol. The summed E-state index contributed by atoms with van der Waals surface area (Å²) in [5, 5.41) is 0. The summed E-state index contributed by atoms with van der Waals surface area (Å²) >= 11 is -1.95. The Morgan fingerprint density at radius 1 is 1.16 bits per heavy atom. The molecule has 0 bridgehead atoms. The summed E-state index contributed by atoms with van der Waals surface area (Å²) in [4.78, 5) is 7.45. The van der Waals surface area contributed by atoms with E-state index in [1.165, 1.54) is 19.3 Å². The zero-order chi connectivity index (χ0) is 14.1. The Morgan fingerprint density at radius 3 is 2.42 bits per heavy atom. The van der Waals surface area contributed by atoms with Crippen molar-refractivity contribution in [2.45, 2.75) is 47.4 Å². The molecule has 0 radical (unpaired) electrons. The van der Waals surface area contributed by atoms with Crippen LogP contribution < -0.4 is 0 Å². The molecule has 0 nitrogen and oxygen atoms in total. The third-order valence-corrected chi connectivity index (χ3v) is 9.78. The zero-order valence-electron chi connectivity index (χ0n) is 12.8. The van der Waals surface area contributed by atoms with E-state index >= 15 is 0 Å². The van der Waals surface area contributed by atoms with E-state index in [9.17, 15) is 0 Å². The predicted octanol–water partition coefficient (Wildman–Crippen LogP) is 5.42. The van der Waals surface area contributed by atoms with E-state index in [4.69, 9.17) is 0 Å². The van der Waals surface area contributed by atoms with Crippen LogP contribution in [-0.4, -0.2) is 18.4 Å². The third-order valence-electron chi connectivity index (χ3n) is 3.20. The van der Waals surface area contributed by atoms with E-state index in [1.807, 2.05) is 18.2 Å². The van der Waals surface area contributed by atoms with Gasteiger partial charge in [0.2, 0.25) is 0 Å². The van der Waals surface area contributed by atoms with Crippen LogP contribution in [0.4, 0.5) is 0 Å². The van der Waals surface area contributed by atoms with Crippen molar-refractivity contribution in [1.29, 1.82) is 0 Å².